The molecule has 118 valence electrons. The molecule has 2 amide bonds. The summed E-state index contributed by atoms with van der Waals surface area (Å²) in [6, 6.07) is -0.574. The molecule has 0 aromatic rings. The van der Waals surface area contributed by atoms with Crippen molar-refractivity contribution in [2.75, 3.05) is 26.3 Å². The maximum absolute atomic E-state index is 11.5. The Morgan fingerprint density at radius 2 is 1.80 bits per heavy atom. The Morgan fingerprint density at radius 3 is 2.40 bits per heavy atom. The van der Waals surface area contributed by atoms with Gasteiger partial charge in [-0.2, -0.15) is 0 Å². The lowest BCUT2D eigenvalue weighted by Gasteiger charge is -2.15. The summed E-state index contributed by atoms with van der Waals surface area (Å²) in [5.74, 6) is -0.445. The Balaban J connectivity index is 3.52. The third kappa shape index (κ3) is 9.75. The van der Waals surface area contributed by atoms with Crippen LogP contribution >= 0.6 is 0 Å². The van der Waals surface area contributed by atoms with Gasteiger partial charge in [-0.15, -0.1) is 0 Å². The van der Waals surface area contributed by atoms with E-state index < -0.39 is 6.04 Å². The minimum absolute atomic E-state index is 0.0318. The van der Waals surface area contributed by atoms with E-state index in [1.165, 1.54) is 0 Å². The quantitative estimate of drug-likeness (QED) is 0.480. The molecule has 0 saturated carbocycles. The maximum atomic E-state index is 11.5. The summed E-state index contributed by atoms with van der Waals surface area (Å²) in [6.07, 6.45) is 2.96. The van der Waals surface area contributed by atoms with Gasteiger partial charge in [-0.3, -0.25) is 9.59 Å². The van der Waals surface area contributed by atoms with Crippen molar-refractivity contribution in [2.45, 2.75) is 46.1 Å². The van der Waals surface area contributed by atoms with Crippen molar-refractivity contribution in [3.8, 4) is 0 Å². The lowest BCUT2D eigenvalue weighted by Crippen LogP contribution is -2.47. The van der Waals surface area contributed by atoms with Gasteiger partial charge in [-0.05, 0) is 18.8 Å². The van der Waals surface area contributed by atoms with Crippen LogP contribution in [0.4, 0.5) is 0 Å². The second-order valence-electron chi connectivity index (χ2n) is 5.16. The van der Waals surface area contributed by atoms with Crippen molar-refractivity contribution < 1.29 is 14.3 Å². The van der Waals surface area contributed by atoms with Crippen molar-refractivity contribution in [3.05, 3.63) is 0 Å². The molecule has 0 unspecified atom stereocenters. The normalized spacial score (nSPS) is 12.2. The summed E-state index contributed by atoms with van der Waals surface area (Å²) >= 11 is 0. The van der Waals surface area contributed by atoms with Crippen molar-refractivity contribution in [3.63, 3.8) is 0 Å². The van der Waals surface area contributed by atoms with E-state index in [2.05, 4.69) is 17.6 Å². The molecule has 4 N–H and O–H groups in total. The lowest BCUT2D eigenvalue weighted by atomic mass is 10.1. The van der Waals surface area contributed by atoms with E-state index in [-0.39, 0.29) is 24.3 Å². The van der Waals surface area contributed by atoms with Gasteiger partial charge >= 0.3 is 0 Å². The average Bonchev–Trinajstić information content (AvgIpc) is 2.42. The van der Waals surface area contributed by atoms with Crippen LogP contribution in [-0.2, 0) is 14.3 Å². The third-order valence-corrected chi connectivity index (χ3v) is 2.87. The predicted octanol–water partition coefficient (Wildman–Crippen LogP) is 0.409. The minimum atomic E-state index is -0.574. The Hall–Kier alpha value is -1.14. The fraction of sp³-hybridized carbons (Fsp3) is 0.857. The van der Waals surface area contributed by atoms with Crippen LogP contribution in [0.25, 0.3) is 0 Å². The number of carbonyl (C=O) groups excluding carboxylic acids is 2. The van der Waals surface area contributed by atoms with Gasteiger partial charge < -0.3 is 21.1 Å². The van der Waals surface area contributed by atoms with E-state index in [0.29, 0.717) is 13.2 Å². The molecule has 0 aliphatic carbocycles. The molecule has 0 spiro atoms. The van der Waals surface area contributed by atoms with Gasteiger partial charge in [0.2, 0.25) is 11.8 Å². The van der Waals surface area contributed by atoms with Gasteiger partial charge in [0.05, 0.1) is 12.6 Å². The molecular weight excluding hydrogens is 258 g/mol. The number of carbonyl (C=O) groups is 2. The smallest absolute Gasteiger partial charge is 0.239 e. The first-order valence-corrected chi connectivity index (χ1v) is 7.36. The highest BCUT2D eigenvalue weighted by molar-refractivity contribution is 5.87. The van der Waals surface area contributed by atoms with Crippen LogP contribution in [0.5, 0.6) is 0 Å². The van der Waals surface area contributed by atoms with E-state index in [1.807, 2.05) is 13.8 Å². The summed E-state index contributed by atoms with van der Waals surface area (Å²) < 4.78 is 5.37. The van der Waals surface area contributed by atoms with Crippen molar-refractivity contribution in [2.24, 2.45) is 11.7 Å². The highest BCUT2D eigenvalue weighted by atomic mass is 16.5. The number of amides is 2. The average molecular weight is 287 g/mol. The highest BCUT2D eigenvalue weighted by Gasteiger charge is 2.17. The van der Waals surface area contributed by atoms with Crippen LogP contribution in [-0.4, -0.2) is 44.2 Å². The van der Waals surface area contributed by atoms with Gasteiger partial charge in [0.15, 0.2) is 0 Å². The van der Waals surface area contributed by atoms with E-state index >= 15 is 0 Å². The van der Waals surface area contributed by atoms with E-state index in [0.717, 1.165) is 25.9 Å². The number of rotatable bonds is 11. The molecule has 0 aromatic carbocycles. The number of unbranched alkanes of at least 4 members (excludes halogenated alkanes) is 1. The van der Waals surface area contributed by atoms with Gasteiger partial charge in [-0.25, -0.2) is 0 Å². The first-order valence-electron chi connectivity index (χ1n) is 7.36. The molecule has 0 aliphatic rings. The zero-order valence-electron chi connectivity index (χ0n) is 12.9. The summed E-state index contributed by atoms with van der Waals surface area (Å²) in [5.41, 5.74) is 5.67. The molecule has 0 aliphatic heterocycles. The molecule has 0 rings (SSSR count). The highest BCUT2D eigenvalue weighted by Crippen LogP contribution is 1.97. The molecule has 6 heteroatoms. The molecule has 0 radical (unpaired) electrons. The van der Waals surface area contributed by atoms with Gasteiger partial charge in [0.1, 0.15) is 0 Å². The van der Waals surface area contributed by atoms with Crippen LogP contribution in [0.3, 0.4) is 0 Å². The molecule has 0 bridgehead atoms. The molecule has 1 atom stereocenters. The van der Waals surface area contributed by atoms with Crippen LogP contribution < -0.4 is 16.4 Å². The standard InChI is InChI=1S/C14H29N3O3/c1-4-5-8-20-9-6-7-16-12(18)10-17-14(19)13(15)11(2)3/h11,13H,4-10,15H2,1-3H3,(H,16,18)(H,17,19)/t13-/m0/s1. The number of nitrogens with one attached hydrogen (secondary N) is 2. The number of hydrogen-bond acceptors (Lipinski definition) is 4. The number of hydrogen-bond donors (Lipinski definition) is 3. The summed E-state index contributed by atoms with van der Waals surface area (Å²) in [5, 5.41) is 5.25. The second-order valence-corrected chi connectivity index (χ2v) is 5.16. The van der Waals surface area contributed by atoms with Gasteiger partial charge in [-0.1, -0.05) is 27.2 Å². The monoisotopic (exact) mass is 287 g/mol. The Kier molecular flexibility index (Phi) is 11.0. The largest absolute Gasteiger partial charge is 0.381 e. The van der Waals surface area contributed by atoms with E-state index in [1.54, 1.807) is 0 Å². The van der Waals surface area contributed by atoms with Crippen molar-refractivity contribution in [1.29, 1.82) is 0 Å². The van der Waals surface area contributed by atoms with Crippen LogP contribution in [0.1, 0.15) is 40.0 Å². The predicted molar refractivity (Wildman–Crippen MR) is 79.2 cm³/mol. The molecule has 20 heavy (non-hydrogen) atoms. The second kappa shape index (κ2) is 11.7. The Labute approximate surface area is 121 Å². The lowest BCUT2D eigenvalue weighted by molar-refractivity contribution is -0.127. The molecule has 6 nitrogen and oxygen atoms in total. The van der Waals surface area contributed by atoms with E-state index in [4.69, 9.17) is 10.5 Å². The fourth-order valence-electron chi connectivity index (χ4n) is 1.40. The fourth-order valence-corrected chi connectivity index (χ4v) is 1.40. The summed E-state index contributed by atoms with van der Waals surface area (Å²) in [4.78, 5) is 23.0. The van der Waals surface area contributed by atoms with Crippen molar-refractivity contribution >= 4 is 11.8 Å². The minimum Gasteiger partial charge on any atom is -0.381 e. The summed E-state index contributed by atoms with van der Waals surface area (Å²) in [6.45, 7) is 7.78. The Morgan fingerprint density at radius 1 is 1.15 bits per heavy atom. The van der Waals surface area contributed by atoms with E-state index in [9.17, 15) is 9.59 Å². The molecule has 0 fully saturated rings. The van der Waals surface area contributed by atoms with Crippen LogP contribution in [0, 0.1) is 5.92 Å². The maximum Gasteiger partial charge on any atom is 0.239 e. The van der Waals surface area contributed by atoms with Crippen LogP contribution in [0.2, 0.25) is 0 Å². The topological polar surface area (TPSA) is 93.5 Å². The number of ether oxygens (including phenoxy) is 1. The van der Waals surface area contributed by atoms with Gasteiger partial charge in [0, 0.05) is 19.8 Å². The molecule has 0 aromatic heterocycles. The molecule has 0 heterocycles. The zero-order chi connectivity index (χ0) is 15.4. The third-order valence-electron chi connectivity index (χ3n) is 2.87. The molecular formula is C14H29N3O3. The van der Waals surface area contributed by atoms with Crippen molar-refractivity contribution in [1.82, 2.24) is 10.6 Å². The van der Waals surface area contributed by atoms with Gasteiger partial charge in [0.25, 0.3) is 0 Å². The summed E-state index contributed by atoms with van der Waals surface area (Å²) in [7, 11) is 0. The number of nitrogens with two attached hydrogens (primary N) is 1. The zero-order valence-corrected chi connectivity index (χ0v) is 12.9. The van der Waals surface area contributed by atoms with Crippen LogP contribution in [0.15, 0.2) is 0 Å². The first kappa shape index (κ1) is 18.9. The Bertz CT molecular complexity index is 283. The molecule has 0 saturated heterocycles. The first-order chi connectivity index (χ1) is 9.49. The SMILES string of the molecule is CCCCOCCCNC(=O)CNC(=O)[C@@H](N)C(C)C.